The molecule has 0 saturated carbocycles. The fourth-order valence-corrected chi connectivity index (χ4v) is 0.531. The number of nitrogens with zero attached hydrogens (tertiary/aromatic N) is 1. The molecule has 4 nitrogen and oxygen atoms in total. The molecular weight excluding hydrogens is 189 g/mol. The minimum atomic E-state index is -0.915. The first kappa shape index (κ1) is 12.5. The Morgan fingerprint density at radius 2 is 2.36 bits per heavy atom. The van der Waals surface area contributed by atoms with E-state index in [-0.39, 0.29) is 6.61 Å². The molecular formula is C9H12FNO3. The van der Waals surface area contributed by atoms with Gasteiger partial charge >= 0.3 is 5.97 Å². The molecule has 0 amide bonds. The third-order valence-electron chi connectivity index (χ3n) is 1.06. The molecule has 1 N–H and O–H groups in total. The highest BCUT2D eigenvalue weighted by Crippen LogP contribution is 1.85. The first-order valence-corrected chi connectivity index (χ1v) is 4.03. The molecule has 0 unspecified atom stereocenters. The smallest absolute Gasteiger partial charge is 0.329 e. The molecule has 1 aromatic heterocycles. The van der Waals surface area contributed by atoms with Crippen molar-refractivity contribution in [1.29, 1.82) is 0 Å². The Morgan fingerprint density at radius 1 is 1.64 bits per heavy atom. The van der Waals surface area contributed by atoms with Crippen molar-refractivity contribution in [3.05, 3.63) is 30.3 Å². The van der Waals surface area contributed by atoms with Crippen molar-refractivity contribution < 1.29 is 19.0 Å². The zero-order valence-electron chi connectivity index (χ0n) is 7.81. The predicted octanol–water partition coefficient (Wildman–Crippen LogP) is 1.33. The number of carbonyl (C=O) groups is 1. The van der Waals surface area contributed by atoms with Gasteiger partial charge < -0.3 is 9.84 Å². The summed E-state index contributed by atoms with van der Waals surface area (Å²) in [6, 6.07) is 4.57. The van der Waals surface area contributed by atoms with Crippen molar-refractivity contribution >= 4 is 5.97 Å². The van der Waals surface area contributed by atoms with Gasteiger partial charge in [-0.25, -0.2) is 9.78 Å². The quantitative estimate of drug-likeness (QED) is 0.749. The van der Waals surface area contributed by atoms with E-state index in [4.69, 9.17) is 5.11 Å². The van der Waals surface area contributed by atoms with Crippen LogP contribution in [0.15, 0.2) is 24.4 Å². The maximum Gasteiger partial charge on any atom is 0.329 e. The van der Waals surface area contributed by atoms with Crippen LogP contribution in [0.3, 0.4) is 0 Å². The third-order valence-corrected chi connectivity index (χ3v) is 1.06. The van der Waals surface area contributed by atoms with Crippen LogP contribution in [0.5, 0.6) is 0 Å². The van der Waals surface area contributed by atoms with Crippen LogP contribution in [0.4, 0.5) is 4.39 Å². The van der Waals surface area contributed by atoms with E-state index in [0.29, 0.717) is 6.61 Å². The van der Waals surface area contributed by atoms with E-state index in [9.17, 15) is 9.18 Å². The van der Waals surface area contributed by atoms with Crippen molar-refractivity contribution in [2.45, 2.75) is 6.92 Å². The molecule has 0 aromatic carbocycles. The van der Waals surface area contributed by atoms with Gasteiger partial charge in [0.1, 0.15) is 6.61 Å². The van der Waals surface area contributed by atoms with Crippen LogP contribution in [0.2, 0.25) is 0 Å². The second-order valence-electron chi connectivity index (χ2n) is 2.18. The number of ether oxygens (including phenoxy) is 1. The number of aliphatic carboxylic acids is 1. The molecule has 0 aliphatic rings. The third kappa shape index (κ3) is 8.61. The fraction of sp³-hybridized carbons (Fsp3) is 0.333. The lowest BCUT2D eigenvalue weighted by atomic mass is 10.5. The summed E-state index contributed by atoms with van der Waals surface area (Å²) in [5.74, 6) is -1.34. The fourth-order valence-electron chi connectivity index (χ4n) is 0.531. The van der Waals surface area contributed by atoms with E-state index >= 15 is 0 Å². The van der Waals surface area contributed by atoms with Gasteiger partial charge in [-0.15, -0.1) is 0 Å². The van der Waals surface area contributed by atoms with E-state index in [1.54, 1.807) is 19.1 Å². The Hall–Kier alpha value is -1.49. The summed E-state index contributed by atoms with van der Waals surface area (Å²) in [6.07, 6.45) is 1.41. The highest BCUT2D eigenvalue weighted by Gasteiger charge is 1.90. The lowest BCUT2D eigenvalue weighted by Gasteiger charge is -1.90. The number of hydrogen-bond acceptors (Lipinski definition) is 3. The summed E-state index contributed by atoms with van der Waals surface area (Å²) < 4.78 is 16.3. The Morgan fingerprint density at radius 3 is 2.57 bits per heavy atom. The number of carboxylic acids is 1. The Bertz CT molecular complexity index is 253. The molecule has 14 heavy (non-hydrogen) atoms. The molecule has 0 fully saturated rings. The van der Waals surface area contributed by atoms with E-state index in [2.05, 4.69) is 9.72 Å². The molecule has 5 heteroatoms. The summed E-state index contributed by atoms with van der Waals surface area (Å²) in [5.41, 5.74) is 0. The molecule has 1 rings (SSSR count). The molecule has 0 bridgehead atoms. The second kappa shape index (κ2) is 8.12. The van der Waals surface area contributed by atoms with Gasteiger partial charge in [-0.2, -0.15) is 4.39 Å². The molecule has 0 aliphatic carbocycles. The van der Waals surface area contributed by atoms with Crippen molar-refractivity contribution in [3.8, 4) is 0 Å². The molecule has 78 valence electrons. The van der Waals surface area contributed by atoms with Gasteiger partial charge in [0.2, 0.25) is 5.95 Å². The van der Waals surface area contributed by atoms with Crippen LogP contribution in [0.1, 0.15) is 6.92 Å². The van der Waals surface area contributed by atoms with Crippen molar-refractivity contribution in [2.75, 3.05) is 13.2 Å². The molecule has 0 spiro atoms. The summed E-state index contributed by atoms with van der Waals surface area (Å²) in [4.78, 5) is 12.9. The predicted molar refractivity (Wildman–Crippen MR) is 48.3 cm³/mol. The summed E-state index contributed by atoms with van der Waals surface area (Å²) in [5, 5.41) is 7.92. The van der Waals surface area contributed by atoms with E-state index in [1.165, 1.54) is 12.3 Å². The van der Waals surface area contributed by atoms with Gasteiger partial charge in [0.15, 0.2) is 0 Å². The van der Waals surface area contributed by atoms with Gasteiger partial charge in [0, 0.05) is 12.8 Å². The zero-order valence-corrected chi connectivity index (χ0v) is 7.81. The van der Waals surface area contributed by atoms with Crippen LogP contribution in [0, 0.1) is 5.95 Å². The van der Waals surface area contributed by atoms with Crippen LogP contribution >= 0.6 is 0 Å². The summed E-state index contributed by atoms with van der Waals surface area (Å²) in [6.45, 7) is 2.03. The molecule has 1 heterocycles. The lowest BCUT2D eigenvalue weighted by molar-refractivity contribution is -0.142. The number of hydrogen-bond donors (Lipinski definition) is 1. The number of rotatable bonds is 3. The molecule has 0 atom stereocenters. The highest BCUT2D eigenvalue weighted by atomic mass is 19.1. The summed E-state index contributed by atoms with van der Waals surface area (Å²) in [7, 11) is 0. The maximum absolute atomic E-state index is 11.8. The van der Waals surface area contributed by atoms with Gasteiger partial charge in [0.05, 0.1) is 0 Å². The van der Waals surface area contributed by atoms with Crippen LogP contribution in [-0.4, -0.2) is 29.3 Å². The van der Waals surface area contributed by atoms with E-state index in [0.717, 1.165) is 0 Å². The topological polar surface area (TPSA) is 59.4 Å². The van der Waals surface area contributed by atoms with Gasteiger partial charge in [-0.05, 0) is 19.1 Å². The molecule has 1 aromatic rings. The molecule has 0 aliphatic heterocycles. The zero-order chi connectivity index (χ0) is 10.8. The highest BCUT2D eigenvalue weighted by molar-refractivity contribution is 5.67. The first-order chi connectivity index (χ1) is 6.66. The largest absolute Gasteiger partial charge is 0.480 e. The Kier molecular flexibility index (Phi) is 7.26. The van der Waals surface area contributed by atoms with Crippen molar-refractivity contribution in [1.82, 2.24) is 4.98 Å². The number of carboxylic acid groups (broad SMARTS) is 1. The Labute approximate surface area is 81.4 Å². The number of halogens is 1. The number of aromatic nitrogens is 1. The van der Waals surface area contributed by atoms with Crippen LogP contribution in [0.25, 0.3) is 0 Å². The van der Waals surface area contributed by atoms with Crippen molar-refractivity contribution in [2.24, 2.45) is 0 Å². The summed E-state index contributed by atoms with van der Waals surface area (Å²) >= 11 is 0. The average Bonchev–Trinajstić information content (AvgIpc) is 2.17. The lowest BCUT2D eigenvalue weighted by Crippen LogP contribution is -2.05. The number of pyridine rings is 1. The minimum Gasteiger partial charge on any atom is -0.480 e. The Balaban J connectivity index is 0.000000241. The molecule has 0 radical (unpaired) electrons. The van der Waals surface area contributed by atoms with Gasteiger partial charge in [-0.3, -0.25) is 0 Å². The monoisotopic (exact) mass is 201 g/mol. The first-order valence-electron chi connectivity index (χ1n) is 4.03. The van der Waals surface area contributed by atoms with E-state index < -0.39 is 11.9 Å². The van der Waals surface area contributed by atoms with Crippen LogP contribution < -0.4 is 0 Å². The van der Waals surface area contributed by atoms with Crippen LogP contribution in [-0.2, 0) is 9.53 Å². The van der Waals surface area contributed by atoms with E-state index in [1.807, 2.05) is 0 Å². The normalized spacial score (nSPS) is 8.71. The SMILES string of the molecule is CCOCC(=O)O.Fc1ccccn1. The molecule has 0 saturated heterocycles. The second-order valence-corrected chi connectivity index (χ2v) is 2.18. The average molecular weight is 201 g/mol. The van der Waals surface area contributed by atoms with Gasteiger partial charge in [-0.1, -0.05) is 6.07 Å². The maximum atomic E-state index is 11.8. The van der Waals surface area contributed by atoms with Gasteiger partial charge in [0.25, 0.3) is 0 Å². The standard InChI is InChI=1S/C5H4FN.C4H8O3/c6-5-3-1-2-4-7-5;1-2-7-3-4(5)6/h1-4H;2-3H2,1H3,(H,5,6). The van der Waals surface area contributed by atoms with Crippen molar-refractivity contribution in [3.63, 3.8) is 0 Å². The minimum absolute atomic E-state index is 0.184.